The number of nitrogen functional groups attached to an aromatic ring is 1. The lowest BCUT2D eigenvalue weighted by Gasteiger charge is -2.12. The van der Waals surface area contributed by atoms with Crippen LogP contribution in [0.25, 0.3) is 33.5 Å². The Balaban J connectivity index is 1.30. The lowest BCUT2D eigenvalue weighted by molar-refractivity contribution is 0.262. The first kappa shape index (κ1) is 22.1. The van der Waals surface area contributed by atoms with Gasteiger partial charge in [0.25, 0.3) is 0 Å². The summed E-state index contributed by atoms with van der Waals surface area (Å²) in [6.07, 6.45) is 9.23. The number of aromatic nitrogens is 5. The molecule has 0 spiro atoms. The molecule has 1 fully saturated rings. The van der Waals surface area contributed by atoms with E-state index >= 15 is 0 Å². The number of benzene rings is 2. The van der Waals surface area contributed by atoms with E-state index < -0.39 is 0 Å². The standard InChI is InChI=1S/C27H28N8O/c1-2-16-6-5-7-17(12-16)31-27(36)32-18-10-11-21-22(13-18)34-25(33-21)20-14-35(19-8-3-4-9-19)26-23(20)24(28)29-15-30-26/h5-7,10-15,19H,2-4,8-9H2,1H3,(H,33,34)(H2,28,29,30)(H2,31,32,36). The highest BCUT2D eigenvalue weighted by molar-refractivity contribution is 6.02. The Bertz CT molecular complexity index is 1580. The fourth-order valence-electron chi connectivity index (χ4n) is 5.13. The van der Waals surface area contributed by atoms with Gasteiger partial charge in [0, 0.05) is 29.2 Å². The molecule has 3 heterocycles. The Morgan fingerprint density at radius 3 is 2.72 bits per heavy atom. The highest BCUT2D eigenvalue weighted by Gasteiger charge is 2.24. The predicted octanol–water partition coefficient (Wildman–Crippen LogP) is 5.88. The number of aryl methyl sites for hydroxylation is 1. The third kappa shape index (κ3) is 4.02. The Hall–Kier alpha value is -4.40. The number of hydrogen-bond donors (Lipinski definition) is 4. The second kappa shape index (κ2) is 8.99. The summed E-state index contributed by atoms with van der Waals surface area (Å²) in [4.78, 5) is 29.6. The molecule has 5 aromatic rings. The first-order valence-corrected chi connectivity index (χ1v) is 12.4. The summed E-state index contributed by atoms with van der Waals surface area (Å²) in [6.45, 7) is 2.08. The highest BCUT2D eigenvalue weighted by Crippen LogP contribution is 2.38. The van der Waals surface area contributed by atoms with E-state index in [1.807, 2.05) is 42.5 Å². The molecule has 6 rings (SSSR count). The first-order valence-electron chi connectivity index (χ1n) is 12.4. The van der Waals surface area contributed by atoms with Gasteiger partial charge >= 0.3 is 6.03 Å². The predicted molar refractivity (Wildman–Crippen MR) is 143 cm³/mol. The summed E-state index contributed by atoms with van der Waals surface area (Å²) >= 11 is 0. The number of rotatable bonds is 5. The Labute approximate surface area is 208 Å². The van der Waals surface area contributed by atoms with Crippen LogP contribution in [0.2, 0.25) is 0 Å². The number of carbonyl (C=O) groups excluding carboxylic acids is 1. The third-order valence-corrected chi connectivity index (χ3v) is 6.94. The minimum Gasteiger partial charge on any atom is -0.383 e. The molecule has 5 N–H and O–H groups in total. The van der Waals surface area contributed by atoms with Gasteiger partial charge in [0.05, 0.1) is 16.4 Å². The molecule has 0 atom stereocenters. The zero-order valence-corrected chi connectivity index (χ0v) is 20.1. The maximum Gasteiger partial charge on any atom is 0.323 e. The minimum absolute atomic E-state index is 0.299. The number of hydrogen-bond acceptors (Lipinski definition) is 5. The van der Waals surface area contributed by atoms with Crippen LogP contribution in [0, 0.1) is 0 Å². The van der Waals surface area contributed by atoms with Gasteiger partial charge in [-0.3, -0.25) is 0 Å². The van der Waals surface area contributed by atoms with E-state index in [4.69, 9.17) is 10.7 Å². The summed E-state index contributed by atoms with van der Waals surface area (Å²) in [6, 6.07) is 13.5. The number of carbonyl (C=O) groups is 1. The van der Waals surface area contributed by atoms with Crippen molar-refractivity contribution in [2.45, 2.75) is 45.1 Å². The van der Waals surface area contributed by atoms with E-state index in [0.717, 1.165) is 52.6 Å². The molecule has 9 nitrogen and oxygen atoms in total. The van der Waals surface area contributed by atoms with Crippen LogP contribution in [-0.4, -0.2) is 30.5 Å². The molecular formula is C27H28N8O. The average molecular weight is 481 g/mol. The number of nitrogens with two attached hydrogens (primary N) is 1. The normalized spacial score (nSPS) is 14.0. The largest absolute Gasteiger partial charge is 0.383 e. The van der Waals surface area contributed by atoms with Crippen molar-refractivity contribution >= 4 is 45.3 Å². The van der Waals surface area contributed by atoms with Gasteiger partial charge in [-0.25, -0.2) is 19.7 Å². The summed E-state index contributed by atoms with van der Waals surface area (Å²) < 4.78 is 2.23. The molecule has 1 aliphatic carbocycles. The fraction of sp³-hybridized carbons (Fsp3) is 0.259. The van der Waals surface area contributed by atoms with E-state index in [1.165, 1.54) is 24.7 Å². The zero-order chi connectivity index (χ0) is 24.6. The second-order valence-electron chi connectivity index (χ2n) is 9.30. The van der Waals surface area contributed by atoms with Crippen molar-refractivity contribution < 1.29 is 4.79 Å². The van der Waals surface area contributed by atoms with Gasteiger partial charge < -0.3 is 25.9 Å². The summed E-state index contributed by atoms with van der Waals surface area (Å²) in [5.74, 6) is 1.14. The van der Waals surface area contributed by atoms with Crippen LogP contribution >= 0.6 is 0 Å². The monoisotopic (exact) mass is 480 g/mol. The zero-order valence-electron chi connectivity index (χ0n) is 20.1. The van der Waals surface area contributed by atoms with Crippen molar-refractivity contribution in [1.82, 2.24) is 24.5 Å². The van der Waals surface area contributed by atoms with E-state index in [2.05, 4.69) is 43.3 Å². The number of H-pyrrole nitrogens is 1. The molecule has 0 radical (unpaired) electrons. The molecule has 1 aliphatic rings. The maximum atomic E-state index is 12.6. The van der Waals surface area contributed by atoms with Crippen LogP contribution in [-0.2, 0) is 6.42 Å². The van der Waals surface area contributed by atoms with Crippen LogP contribution in [0.4, 0.5) is 22.0 Å². The highest BCUT2D eigenvalue weighted by atomic mass is 16.2. The van der Waals surface area contributed by atoms with Gasteiger partial charge in [-0.2, -0.15) is 0 Å². The minimum atomic E-state index is -0.299. The van der Waals surface area contributed by atoms with Gasteiger partial charge in [0.15, 0.2) is 0 Å². The first-order chi connectivity index (χ1) is 17.6. The van der Waals surface area contributed by atoms with Gasteiger partial charge in [-0.15, -0.1) is 0 Å². The average Bonchev–Trinajstić information content (AvgIpc) is 3.62. The molecule has 36 heavy (non-hydrogen) atoms. The molecular weight excluding hydrogens is 452 g/mol. The van der Waals surface area contributed by atoms with Crippen molar-refractivity contribution in [3.63, 3.8) is 0 Å². The van der Waals surface area contributed by atoms with Crippen molar-refractivity contribution in [3.8, 4) is 11.4 Å². The summed E-state index contributed by atoms with van der Waals surface area (Å²) in [7, 11) is 0. The molecule has 9 heteroatoms. The van der Waals surface area contributed by atoms with Crippen molar-refractivity contribution in [2.75, 3.05) is 16.4 Å². The number of imidazole rings is 1. The Morgan fingerprint density at radius 2 is 1.92 bits per heavy atom. The van der Waals surface area contributed by atoms with Crippen LogP contribution in [0.15, 0.2) is 55.0 Å². The number of nitrogens with zero attached hydrogens (tertiary/aromatic N) is 4. The number of aromatic amines is 1. The molecule has 1 saturated carbocycles. The molecule has 2 aromatic carbocycles. The van der Waals surface area contributed by atoms with E-state index in [1.54, 1.807) is 0 Å². The van der Waals surface area contributed by atoms with Gasteiger partial charge in [0.2, 0.25) is 0 Å². The number of nitrogens with one attached hydrogen (secondary N) is 3. The molecule has 2 amide bonds. The van der Waals surface area contributed by atoms with Crippen molar-refractivity contribution in [2.24, 2.45) is 0 Å². The topological polar surface area (TPSA) is 127 Å². The Kier molecular flexibility index (Phi) is 5.52. The maximum absolute atomic E-state index is 12.6. The quantitative estimate of drug-likeness (QED) is 0.250. The molecule has 182 valence electrons. The molecule has 0 aliphatic heterocycles. The lowest BCUT2D eigenvalue weighted by Crippen LogP contribution is -2.19. The lowest BCUT2D eigenvalue weighted by atomic mass is 10.1. The number of fused-ring (bicyclic) bond motifs is 2. The van der Waals surface area contributed by atoms with Crippen LogP contribution in [0.3, 0.4) is 0 Å². The molecule has 0 bridgehead atoms. The van der Waals surface area contributed by atoms with Crippen molar-refractivity contribution in [3.05, 3.63) is 60.6 Å². The van der Waals surface area contributed by atoms with Gasteiger partial charge in [-0.05, 0) is 55.2 Å². The third-order valence-electron chi connectivity index (χ3n) is 6.94. The van der Waals surface area contributed by atoms with Gasteiger partial charge in [-0.1, -0.05) is 31.9 Å². The van der Waals surface area contributed by atoms with Crippen LogP contribution in [0.1, 0.15) is 44.2 Å². The smallest absolute Gasteiger partial charge is 0.323 e. The number of amides is 2. The van der Waals surface area contributed by atoms with Gasteiger partial charge in [0.1, 0.15) is 23.6 Å². The van der Waals surface area contributed by atoms with Crippen LogP contribution < -0.4 is 16.4 Å². The van der Waals surface area contributed by atoms with E-state index in [-0.39, 0.29) is 6.03 Å². The van der Waals surface area contributed by atoms with E-state index in [0.29, 0.717) is 23.4 Å². The fourth-order valence-corrected chi connectivity index (χ4v) is 5.13. The second-order valence-corrected chi connectivity index (χ2v) is 9.30. The summed E-state index contributed by atoms with van der Waals surface area (Å²) in [5.41, 5.74) is 12.2. The Morgan fingerprint density at radius 1 is 1.11 bits per heavy atom. The SMILES string of the molecule is CCc1cccc(NC(=O)Nc2ccc3nc(-c4cn(C5CCCC5)c5ncnc(N)c45)[nH]c3c2)c1. The molecule has 0 saturated heterocycles. The van der Waals surface area contributed by atoms with E-state index in [9.17, 15) is 4.79 Å². The molecule has 0 unspecified atom stereocenters. The van der Waals surface area contributed by atoms with Crippen LogP contribution in [0.5, 0.6) is 0 Å². The number of anilines is 3. The summed E-state index contributed by atoms with van der Waals surface area (Å²) in [5, 5.41) is 6.62. The molecule has 3 aromatic heterocycles. The number of urea groups is 1. The van der Waals surface area contributed by atoms with Crippen molar-refractivity contribution in [1.29, 1.82) is 0 Å².